The van der Waals surface area contributed by atoms with Crippen LogP contribution in [0.4, 0.5) is 0 Å². The van der Waals surface area contributed by atoms with Crippen molar-refractivity contribution in [2.45, 2.75) is 12.8 Å². The zero-order chi connectivity index (χ0) is 14.9. The molecule has 120 valence electrons. The third-order valence-electron chi connectivity index (χ3n) is 3.38. The molecular weight excluding hydrogens is 402 g/mol. The molecule has 2 aliphatic carbocycles. The minimum atomic E-state index is -0.826. The summed E-state index contributed by atoms with van der Waals surface area (Å²) in [4.78, 5) is 0. The molecule has 0 aromatic heterocycles. The zero-order valence-corrected chi connectivity index (χ0v) is 17.6. The second-order valence-electron chi connectivity index (χ2n) is 4.68. The first-order valence-corrected chi connectivity index (χ1v) is 13.1. The quantitative estimate of drug-likeness (QED) is 0.409. The number of fused-ring (bicyclic) bond motifs is 2. The Morgan fingerprint density at radius 1 is 0.652 bits per heavy atom. The predicted octanol–water partition coefficient (Wildman–Crippen LogP) is 6.79. The number of hydrogen-bond donors (Lipinski definition) is 0. The molecular formula is C20H22Cl2Zr. The molecule has 0 radical (unpaired) electrons. The Labute approximate surface area is 159 Å². The number of allylic oxidation sites excluding steroid dienone is 2. The van der Waals surface area contributed by atoms with Crippen molar-refractivity contribution in [1.82, 2.24) is 0 Å². The van der Waals surface area contributed by atoms with E-state index < -0.39 is 20.8 Å². The summed E-state index contributed by atoms with van der Waals surface area (Å²) in [6, 6.07) is 17.0. The summed E-state index contributed by atoms with van der Waals surface area (Å²) in [6.07, 6.45) is 11.0. The number of benzene rings is 2. The van der Waals surface area contributed by atoms with Gasteiger partial charge >= 0.3 is 37.9 Å². The van der Waals surface area contributed by atoms with Crippen LogP contribution in [0.2, 0.25) is 0 Å². The van der Waals surface area contributed by atoms with Crippen LogP contribution in [-0.4, -0.2) is 0 Å². The number of halogens is 2. The molecule has 23 heavy (non-hydrogen) atoms. The summed E-state index contributed by atoms with van der Waals surface area (Å²) in [5.41, 5.74) is 5.69. The fourth-order valence-corrected chi connectivity index (χ4v) is 2.39. The van der Waals surface area contributed by atoms with E-state index in [1.807, 2.05) is 0 Å². The number of rotatable bonds is 0. The van der Waals surface area contributed by atoms with Crippen molar-refractivity contribution in [3.8, 4) is 0 Å². The average molecular weight is 425 g/mol. The minimum absolute atomic E-state index is 0. The van der Waals surface area contributed by atoms with Gasteiger partial charge in [0, 0.05) is 0 Å². The van der Waals surface area contributed by atoms with Crippen LogP contribution in [0.25, 0.3) is 12.2 Å². The van der Waals surface area contributed by atoms with Gasteiger partial charge in [-0.2, -0.15) is 0 Å². The summed E-state index contributed by atoms with van der Waals surface area (Å²) >= 11 is -0.826. The van der Waals surface area contributed by atoms with Crippen molar-refractivity contribution in [2.75, 3.05) is 0 Å². The van der Waals surface area contributed by atoms with Gasteiger partial charge < -0.3 is 14.9 Å². The Morgan fingerprint density at radius 2 is 1.00 bits per heavy atom. The molecule has 0 saturated heterocycles. The van der Waals surface area contributed by atoms with Gasteiger partial charge in [0.25, 0.3) is 0 Å². The van der Waals surface area contributed by atoms with E-state index in [0.717, 1.165) is 12.8 Å². The molecule has 0 nitrogen and oxygen atoms in total. The maximum atomic E-state index is 4.93. The molecule has 3 heteroatoms. The molecule has 0 unspecified atom stereocenters. The molecule has 0 saturated carbocycles. The van der Waals surface area contributed by atoms with Crippen LogP contribution in [0.3, 0.4) is 0 Å². The standard InChI is InChI=1S/2C9H8.2CH3.2ClH.Zr/c2*1-2-5-9-7-3-6-8(9)4-1;;;;;/h2*1-6H,7H2;2*1H3;2*1H;/q;;2*-1;;;+4/p-2. The normalized spacial score (nSPS) is 11.2. The zero-order valence-electron chi connectivity index (χ0n) is 13.6. The Balaban J connectivity index is 0.000000336. The third kappa shape index (κ3) is 7.21. The van der Waals surface area contributed by atoms with E-state index in [1.54, 1.807) is 0 Å². The van der Waals surface area contributed by atoms with Crippen molar-refractivity contribution < 1.29 is 20.8 Å². The van der Waals surface area contributed by atoms with Crippen LogP contribution in [0.1, 0.15) is 22.3 Å². The molecule has 0 heterocycles. The molecule has 0 bridgehead atoms. The van der Waals surface area contributed by atoms with E-state index in [4.69, 9.17) is 17.0 Å². The molecule has 0 atom stereocenters. The van der Waals surface area contributed by atoms with E-state index in [1.165, 1.54) is 22.3 Å². The summed E-state index contributed by atoms with van der Waals surface area (Å²) < 4.78 is 0. The molecule has 2 aromatic carbocycles. The van der Waals surface area contributed by atoms with Crippen LogP contribution in [-0.2, 0) is 33.7 Å². The first kappa shape index (κ1) is 22.4. The van der Waals surface area contributed by atoms with E-state index >= 15 is 0 Å². The van der Waals surface area contributed by atoms with Gasteiger partial charge in [-0.25, -0.2) is 0 Å². The Bertz CT molecular complexity index is 578. The molecule has 2 aliphatic rings. The van der Waals surface area contributed by atoms with Gasteiger partial charge in [-0.15, -0.1) is 0 Å². The summed E-state index contributed by atoms with van der Waals surface area (Å²) in [5, 5.41) is 0. The fourth-order valence-electron chi connectivity index (χ4n) is 2.39. The van der Waals surface area contributed by atoms with Crippen molar-refractivity contribution >= 4 is 29.2 Å². The van der Waals surface area contributed by atoms with Crippen molar-refractivity contribution in [2.24, 2.45) is 0 Å². The monoisotopic (exact) mass is 422 g/mol. The van der Waals surface area contributed by atoms with E-state index in [0.29, 0.717) is 0 Å². The third-order valence-corrected chi connectivity index (χ3v) is 3.38. The van der Waals surface area contributed by atoms with Gasteiger partial charge in [0.2, 0.25) is 0 Å². The molecule has 2 aromatic rings. The molecule has 0 fully saturated rings. The van der Waals surface area contributed by atoms with Crippen LogP contribution < -0.4 is 0 Å². The topological polar surface area (TPSA) is 0 Å². The predicted molar refractivity (Wildman–Crippen MR) is 103 cm³/mol. The second kappa shape index (κ2) is 12.8. The van der Waals surface area contributed by atoms with E-state index in [2.05, 4.69) is 72.8 Å². The van der Waals surface area contributed by atoms with Crippen LogP contribution in [0.15, 0.2) is 60.7 Å². The van der Waals surface area contributed by atoms with E-state index in [-0.39, 0.29) is 14.9 Å². The first-order valence-electron chi connectivity index (χ1n) is 6.80. The first-order chi connectivity index (χ1) is 10.3. The fraction of sp³-hybridized carbons (Fsp3) is 0.100. The van der Waals surface area contributed by atoms with Gasteiger partial charge in [0.15, 0.2) is 0 Å². The van der Waals surface area contributed by atoms with Crippen LogP contribution in [0.5, 0.6) is 0 Å². The maximum absolute atomic E-state index is 4.93. The second-order valence-corrected chi connectivity index (χ2v) is 8.41. The van der Waals surface area contributed by atoms with E-state index in [9.17, 15) is 0 Å². The van der Waals surface area contributed by atoms with Crippen LogP contribution in [0, 0.1) is 14.9 Å². The molecule has 0 amide bonds. The molecule has 0 N–H and O–H groups in total. The molecule has 0 aliphatic heterocycles. The van der Waals surface area contributed by atoms with Crippen molar-refractivity contribution in [3.05, 3.63) is 97.8 Å². The molecule has 0 spiro atoms. The van der Waals surface area contributed by atoms with Gasteiger partial charge in [-0.3, -0.25) is 0 Å². The van der Waals surface area contributed by atoms with Gasteiger partial charge in [0.05, 0.1) is 0 Å². The van der Waals surface area contributed by atoms with Gasteiger partial charge in [-0.1, -0.05) is 72.8 Å². The summed E-state index contributed by atoms with van der Waals surface area (Å²) in [7, 11) is 9.87. The van der Waals surface area contributed by atoms with Crippen molar-refractivity contribution in [1.29, 1.82) is 0 Å². The Morgan fingerprint density at radius 3 is 1.35 bits per heavy atom. The SMILES string of the molecule is C1=Cc2ccccc2C1.C1=Cc2ccccc2C1.[CH3-].[CH3-].[Cl][Zr+2][Cl]. The Hall–Kier alpha value is -0.617. The average Bonchev–Trinajstić information content (AvgIpc) is 3.17. The van der Waals surface area contributed by atoms with Gasteiger partial charge in [-0.05, 0) is 35.1 Å². The summed E-state index contributed by atoms with van der Waals surface area (Å²) in [6.45, 7) is 0. The van der Waals surface area contributed by atoms with Crippen molar-refractivity contribution in [3.63, 3.8) is 0 Å². The van der Waals surface area contributed by atoms with Gasteiger partial charge in [0.1, 0.15) is 0 Å². The molecule has 4 rings (SSSR count). The van der Waals surface area contributed by atoms with Crippen LogP contribution >= 0.6 is 17.0 Å². The Kier molecular flexibility index (Phi) is 12.4. The summed E-state index contributed by atoms with van der Waals surface area (Å²) in [5.74, 6) is 0. The number of hydrogen-bond acceptors (Lipinski definition) is 0.